The quantitative estimate of drug-likeness (QED) is 0.464. The SMILES string of the molecule is COc1cc(C(=O)N(C)CCOc2ccc(F)cc2)c([N+](=O)[O-])c(OC)c1OC. The highest BCUT2D eigenvalue weighted by Gasteiger charge is 2.33. The smallest absolute Gasteiger partial charge is 0.327 e. The number of carbonyl (C=O) groups is 1. The van der Waals surface area contributed by atoms with Crippen LogP contribution in [-0.4, -0.2) is 57.3 Å². The van der Waals surface area contributed by atoms with Gasteiger partial charge in [-0.05, 0) is 24.3 Å². The molecule has 0 atom stereocenters. The lowest BCUT2D eigenvalue weighted by molar-refractivity contribution is -0.386. The van der Waals surface area contributed by atoms with E-state index in [9.17, 15) is 19.3 Å². The number of likely N-dealkylation sites (N-methyl/N-ethyl adjacent to an activating group) is 1. The molecule has 1 amide bonds. The molecule has 0 radical (unpaired) electrons. The second-order valence-corrected chi connectivity index (χ2v) is 5.83. The van der Waals surface area contributed by atoms with Crippen LogP contribution < -0.4 is 18.9 Å². The molecule has 10 heteroatoms. The number of nitro benzene ring substituents is 1. The lowest BCUT2D eigenvalue weighted by Crippen LogP contribution is -2.31. The average Bonchev–Trinajstić information content (AvgIpc) is 2.72. The summed E-state index contributed by atoms with van der Waals surface area (Å²) in [5.74, 6) is -0.657. The molecule has 2 aromatic rings. The summed E-state index contributed by atoms with van der Waals surface area (Å²) in [5, 5.41) is 11.6. The van der Waals surface area contributed by atoms with Gasteiger partial charge in [-0.2, -0.15) is 0 Å². The van der Waals surface area contributed by atoms with Crippen LogP contribution in [-0.2, 0) is 0 Å². The first kappa shape index (κ1) is 21.7. The van der Waals surface area contributed by atoms with Gasteiger partial charge in [0.05, 0.1) is 32.8 Å². The Morgan fingerprint density at radius 1 is 1.10 bits per heavy atom. The third-order valence-electron chi connectivity index (χ3n) is 4.07. The standard InChI is InChI=1S/C19H21FN2O7/c1-21(9-10-29-13-7-5-12(20)6-8-13)19(23)14-11-15(26-2)17(27-3)18(28-4)16(14)22(24)25/h5-8,11H,9-10H2,1-4H3. The monoisotopic (exact) mass is 408 g/mol. The molecule has 0 aliphatic heterocycles. The summed E-state index contributed by atoms with van der Waals surface area (Å²) in [6.07, 6.45) is 0. The summed E-state index contributed by atoms with van der Waals surface area (Å²) in [5.41, 5.74) is -0.741. The summed E-state index contributed by atoms with van der Waals surface area (Å²) in [7, 11) is 5.37. The molecule has 0 unspecified atom stereocenters. The van der Waals surface area contributed by atoms with E-state index < -0.39 is 16.5 Å². The Kier molecular flexibility index (Phi) is 7.18. The van der Waals surface area contributed by atoms with E-state index in [4.69, 9.17) is 18.9 Å². The van der Waals surface area contributed by atoms with Crippen LogP contribution >= 0.6 is 0 Å². The molecule has 0 N–H and O–H groups in total. The highest BCUT2D eigenvalue weighted by Crippen LogP contribution is 2.46. The van der Waals surface area contributed by atoms with Crippen molar-refractivity contribution in [1.29, 1.82) is 0 Å². The van der Waals surface area contributed by atoms with Crippen molar-refractivity contribution in [2.75, 3.05) is 41.5 Å². The number of amides is 1. The molecule has 0 aliphatic rings. The molecule has 0 saturated heterocycles. The maximum Gasteiger partial charge on any atom is 0.327 e. The molecule has 9 nitrogen and oxygen atoms in total. The molecule has 0 aromatic heterocycles. The molecule has 0 fully saturated rings. The number of nitrogens with zero attached hydrogens (tertiary/aromatic N) is 2. The number of benzene rings is 2. The van der Waals surface area contributed by atoms with E-state index in [0.29, 0.717) is 5.75 Å². The Morgan fingerprint density at radius 2 is 1.72 bits per heavy atom. The summed E-state index contributed by atoms with van der Waals surface area (Å²) in [4.78, 5) is 25.0. The van der Waals surface area contributed by atoms with E-state index in [1.54, 1.807) is 0 Å². The molecule has 2 rings (SSSR count). The van der Waals surface area contributed by atoms with Crippen LogP contribution in [0, 0.1) is 15.9 Å². The third kappa shape index (κ3) is 4.84. The molecule has 0 spiro atoms. The van der Waals surface area contributed by atoms with Crippen molar-refractivity contribution in [3.63, 3.8) is 0 Å². The van der Waals surface area contributed by atoms with Gasteiger partial charge in [-0.15, -0.1) is 0 Å². The lowest BCUT2D eigenvalue weighted by Gasteiger charge is -2.19. The maximum atomic E-state index is 12.9. The van der Waals surface area contributed by atoms with E-state index in [0.717, 1.165) is 0 Å². The van der Waals surface area contributed by atoms with Crippen LogP contribution in [0.15, 0.2) is 30.3 Å². The fourth-order valence-corrected chi connectivity index (χ4v) is 2.62. The zero-order valence-corrected chi connectivity index (χ0v) is 16.4. The fourth-order valence-electron chi connectivity index (χ4n) is 2.62. The molecular formula is C19H21FN2O7. The maximum absolute atomic E-state index is 12.9. The van der Waals surface area contributed by atoms with Crippen molar-refractivity contribution >= 4 is 11.6 Å². The summed E-state index contributed by atoms with van der Waals surface area (Å²) in [6.45, 7) is 0.232. The van der Waals surface area contributed by atoms with Gasteiger partial charge in [0.25, 0.3) is 5.91 Å². The van der Waals surface area contributed by atoms with Gasteiger partial charge in [0.15, 0.2) is 5.75 Å². The molecule has 156 valence electrons. The Balaban J connectivity index is 2.25. The molecule has 29 heavy (non-hydrogen) atoms. The van der Waals surface area contributed by atoms with Crippen molar-refractivity contribution in [3.05, 3.63) is 51.8 Å². The molecule has 0 saturated carbocycles. The van der Waals surface area contributed by atoms with Gasteiger partial charge in [-0.25, -0.2) is 4.39 Å². The first-order chi connectivity index (χ1) is 13.8. The topological polar surface area (TPSA) is 100 Å². The number of rotatable bonds is 9. The van der Waals surface area contributed by atoms with Gasteiger partial charge in [0, 0.05) is 13.1 Å². The second kappa shape index (κ2) is 9.58. The highest BCUT2D eigenvalue weighted by atomic mass is 19.1. The van der Waals surface area contributed by atoms with Gasteiger partial charge in [-0.1, -0.05) is 0 Å². The van der Waals surface area contributed by atoms with Gasteiger partial charge >= 0.3 is 5.69 Å². The van der Waals surface area contributed by atoms with Gasteiger partial charge < -0.3 is 23.8 Å². The number of nitro groups is 1. The molecule has 0 aliphatic carbocycles. The minimum atomic E-state index is -0.711. The molecular weight excluding hydrogens is 387 g/mol. The summed E-state index contributed by atoms with van der Waals surface area (Å²) >= 11 is 0. The van der Waals surface area contributed by atoms with Gasteiger partial charge in [-0.3, -0.25) is 14.9 Å². The highest BCUT2D eigenvalue weighted by molar-refractivity contribution is 6.00. The van der Waals surface area contributed by atoms with E-state index in [-0.39, 0.29) is 41.8 Å². The van der Waals surface area contributed by atoms with E-state index in [1.807, 2.05) is 0 Å². The normalized spacial score (nSPS) is 10.2. The number of methoxy groups -OCH3 is 3. The Labute approximate surface area is 166 Å². The predicted molar refractivity (Wildman–Crippen MR) is 102 cm³/mol. The zero-order valence-electron chi connectivity index (χ0n) is 16.4. The van der Waals surface area contributed by atoms with Crippen molar-refractivity contribution in [2.45, 2.75) is 0 Å². The van der Waals surface area contributed by atoms with Gasteiger partial charge in [0.1, 0.15) is 23.7 Å². The Bertz CT molecular complexity index is 887. The number of ether oxygens (including phenoxy) is 4. The minimum absolute atomic E-state index is 0.0144. The number of halogens is 1. The Hall–Kier alpha value is -3.56. The lowest BCUT2D eigenvalue weighted by atomic mass is 10.1. The van der Waals surface area contributed by atoms with Crippen LogP contribution in [0.3, 0.4) is 0 Å². The fraction of sp³-hybridized carbons (Fsp3) is 0.316. The molecule has 2 aromatic carbocycles. The largest absolute Gasteiger partial charge is 0.493 e. The number of hydrogen-bond donors (Lipinski definition) is 0. The molecule has 0 bridgehead atoms. The van der Waals surface area contributed by atoms with Crippen LogP contribution in [0.5, 0.6) is 23.0 Å². The van der Waals surface area contributed by atoms with Crippen LogP contribution in [0.4, 0.5) is 10.1 Å². The van der Waals surface area contributed by atoms with Crippen LogP contribution in [0.1, 0.15) is 10.4 Å². The van der Waals surface area contributed by atoms with Gasteiger partial charge in [0.2, 0.25) is 11.5 Å². The first-order valence-electron chi connectivity index (χ1n) is 8.45. The van der Waals surface area contributed by atoms with E-state index in [2.05, 4.69) is 0 Å². The van der Waals surface area contributed by atoms with Crippen molar-refractivity contribution in [2.24, 2.45) is 0 Å². The number of hydrogen-bond acceptors (Lipinski definition) is 7. The zero-order chi connectivity index (χ0) is 21.6. The van der Waals surface area contributed by atoms with Crippen LogP contribution in [0.2, 0.25) is 0 Å². The summed E-state index contributed by atoms with van der Waals surface area (Å²) in [6, 6.07) is 6.66. The minimum Gasteiger partial charge on any atom is -0.493 e. The Morgan fingerprint density at radius 3 is 2.24 bits per heavy atom. The van der Waals surface area contributed by atoms with E-state index >= 15 is 0 Å². The predicted octanol–water partition coefficient (Wildman–Crippen LogP) is 2.91. The van der Waals surface area contributed by atoms with Crippen molar-refractivity contribution in [3.8, 4) is 23.0 Å². The third-order valence-corrected chi connectivity index (χ3v) is 4.07. The van der Waals surface area contributed by atoms with Crippen molar-refractivity contribution < 1.29 is 33.1 Å². The van der Waals surface area contributed by atoms with E-state index in [1.165, 1.54) is 63.6 Å². The molecule has 0 heterocycles. The first-order valence-corrected chi connectivity index (χ1v) is 8.45. The summed E-state index contributed by atoms with van der Waals surface area (Å²) < 4.78 is 33.8. The number of carbonyl (C=O) groups excluding carboxylic acids is 1. The van der Waals surface area contributed by atoms with Crippen molar-refractivity contribution in [1.82, 2.24) is 4.90 Å². The second-order valence-electron chi connectivity index (χ2n) is 5.83. The average molecular weight is 408 g/mol. The van der Waals surface area contributed by atoms with Crippen LogP contribution in [0.25, 0.3) is 0 Å².